The van der Waals surface area contributed by atoms with Gasteiger partial charge in [-0.05, 0) is 60.7 Å². The summed E-state index contributed by atoms with van der Waals surface area (Å²) in [6.45, 7) is 2.19. The van der Waals surface area contributed by atoms with E-state index in [1.807, 2.05) is 31.2 Å². The number of benzene rings is 2. The van der Waals surface area contributed by atoms with Crippen molar-refractivity contribution in [2.24, 2.45) is 0 Å². The highest BCUT2D eigenvalue weighted by Crippen LogP contribution is 2.30. The molecule has 0 bridgehead atoms. The Morgan fingerprint density at radius 3 is 2.75 bits per heavy atom. The van der Waals surface area contributed by atoms with Gasteiger partial charge < -0.3 is 10.1 Å². The molecule has 0 aliphatic carbocycles. The lowest BCUT2D eigenvalue weighted by Crippen LogP contribution is -2.03. The maximum atomic E-state index is 14.0. The zero-order valence-corrected chi connectivity index (χ0v) is 18.6. The van der Waals surface area contributed by atoms with Gasteiger partial charge >= 0.3 is 0 Å². The number of hydrogen-bond donors (Lipinski definition) is 1. The molecule has 32 heavy (non-hydrogen) atoms. The minimum Gasteiger partial charge on any atom is -0.488 e. The van der Waals surface area contributed by atoms with Gasteiger partial charge in [-0.2, -0.15) is 16.7 Å². The first-order valence-corrected chi connectivity index (χ1v) is 11.4. The molecule has 6 nitrogen and oxygen atoms in total. The summed E-state index contributed by atoms with van der Waals surface area (Å²) >= 11 is 1.76. The van der Waals surface area contributed by atoms with Crippen LogP contribution in [-0.2, 0) is 12.4 Å². The summed E-state index contributed by atoms with van der Waals surface area (Å²) in [6.07, 6.45) is 5.21. The highest BCUT2D eigenvalue weighted by molar-refractivity contribution is 7.97. The number of rotatable bonds is 8. The molecule has 0 amide bonds. The summed E-state index contributed by atoms with van der Waals surface area (Å²) in [5.41, 5.74) is 4.50. The molecule has 162 valence electrons. The monoisotopic (exact) mass is 447 g/mol. The second kappa shape index (κ2) is 10.2. The minimum absolute atomic E-state index is 0.276. The Hall–Kier alpha value is -3.52. The lowest BCUT2D eigenvalue weighted by atomic mass is 10.1. The normalized spacial score (nSPS) is 10.7. The molecule has 0 spiro atoms. The van der Waals surface area contributed by atoms with Crippen LogP contribution in [0.3, 0.4) is 0 Å². The summed E-state index contributed by atoms with van der Waals surface area (Å²) in [7, 11) is 0. The maximum absolute atomic E-state index is 14.0. The van der Waals surface area contributed by atoms with Crippen LogP contribution in [0.5, 0.6) is 5.75 Å². The van der Waals surface area contributed by atoms with Crippen molar-refractivity contribution in [1.29, 1.82) is 0 Å². The molecule has 4 rings (SSSR count). The summed E-state index contributed by atoms with van der Waals surface area (Å²) in [5.74, 6) is 1.68. The number of thioether (sulfide) groups is 1. The van der Waals surface area contributed by atoms with E-state index in [-0.39, 0.29) is 6.61 Å². The van der Waals surface area contributed by atoms with Crippen molar-refractivity contribution in [2.75, 3.05) is 11.6 Å². The first kappa shape index (κ1) is 21.7. The molecule has 0 saturated carbocycles. The van der Waals surface area contributed by atoms with Gasteiger partial charge in [0, 0.05) is 29.4 Å². The van der Waals surface area contributed by atoms with Gasteiger partial charge in [-0.1, -0.05) is 12.1 Å². The number of ether oxygens (including phenoxy) is 1. The van der Waals surface area contributed by atoms with Crippen molar-refractivity contribution >= 4 is 23.4 Å². The van der Waals surface area contributed by atoms with Gasteiger partial charge in [-0.3, -0.25) is 4.98 Å². The van der Waals surface area contributed by atoms with E-state index in [0.717, 1.165) is 22.7 Å². The van der Waals surface area contributed by atoms with Crippen molar-refractivity contribution in [2.45, 2.75) is 19.3 Å². The maximum Gasteiger partial charge on any atom is 0.230 e. The van der Waals surface area contributed by atoms with Crippen LogP contribution in [0.25, 0.3) is 11.4 Å². The van der Waals surface area contributed by atoms with Gasteiger partial charge in [0.2, 0.25) is 5.95 Å². The topological polar surface area (TPSA) is 72.8 Å². The van der Waals surface area contributed by atoms with Gasteiger partial charge in [-0.15, -0.1) is 0 Å². The van der Waals surface area contributed by atoms with Crippen LogP contribution in [-0.4, -0.2) is 26.2 Å². The van der Waals surface area contributed by atoms with Crippen molar-refractivity contribution in [1.82, 2.24) is 19.9 Å². The zero-order valence-electron chi connectivity index (χ0n) is 17.7. The largest absolute Gasteiger partial charge is 0.488 e. The van der Waals surface area contributed by atoms with E-state index in [9.17, 15) is 4.39 Å². The van der Waals surface area contributed by atoms with Crippen molar-refractivity contribution in [3.05, 3.63) is 89.8 Å². The third-order valence-corrected chi connectivity index (χ3v) is 5.23. The molecule has 0 saturated heterocycles. The van der Waals surface area contributed by atoms with Crippen molar-refractivity contribution in [3.63, 3.8) is 0 Å². The second-order valence-electron chi connectivity index (χ2n) is 7.13. The minimum atomic E-state index is -0.396. The molecule has 0 aliphatic heterocycles. The molecule has 2 aromatic carbocycles. The Morgan fingerprint density at radius 1 is 1.00 bits per heavy atom. The van der Waals surface area contributed by atoms with Crippen LogP contribution in [0.4, 0.5) is 16.0 Å². The quantitative estimate of drug-likeness (QED) is 0.379. The van der Waals surface area contributed by atoms with E-state index in [1.165, 1.54) is 24.0 Å². The van der Waals surface area contributed by atoms with E-state index in [2.05, 4.69) is 43.6 Å². The van der Waals surface area contributed by atoms with Crippen LogP contribution in [0.2, 0.25) is 0 Å². The molecule has 2 heterocycles. The van der Waals surface area contributed by atoms with Gasteiger partial charge in [0.25, 0.3) is 0 Å². The zero-order chi connectivity index (χ0) is 22.3. The third kappa shape index (κ3) is 5.59. The summed E-state index contributed by atoms with van der Waals surface area (Å²) in [6, 6.07) is 16.2. The number of nitrogens with zero attached hydrogens (tertiary/aromatic N) is 4. The Balaban J connectivity index is 1.58. The molecule has 0 atom stereocenters. The van der Waals surface area contributed by atoms with Crippen LogP contribution in [0.1, 0.15) is 16.8 Å². The lowest BCUT2D eigenvalue weighted by Gasteiger charge is -2.12. The Morgan fingerprint density at radius 2 is 1.91 bits per heavy atom. The highest BCUT2D eigenvalue weighted by atomic mass is 32.2. The number of halogens is 1. The molecule has 0 fully saturated rings. The van der Waals surface area contributed by atoms with Crippen LogP contribution in [0.15, 0.2) is 67.1 Å². The molecule has 0 unspecified atom stereocenters. The van der Waals surface area contributed by atoms with Crippen molar-refractivity contribution in [3.8, 4) is 17.1 Å². The molecule has 8 heteroatoms. The molecule has 1 N–H and O–H groups in total. The average molecular weight is 448 g/mol. The predicted molar refractivity (Wildman–Crippen MR) is 125 cm³/mol. The summed E-state index contributed by atoms with van der Waals surface area (Å²) in [5, 5.41) is 3.21. The Kier molecular flexibility index (Phi) is 6.91. The fourth-order valence-corrected chi connectivity index (χ4v) is 3.69. The Bertz CT molecular complexity index is 1220. The van der Waals surface area contributed by atoms with Gasteiger partial charge in [0.15, 0.2) is 5.82 Å². The molecular weight excluding hydrogens is 425 g/mol. The number of pyridine rings is 1. The summed E-state index contributed by atoms with van der Waals surface area (Å²) < 4.78 is 19.9. The SMILES string of the molecule is CSCc1cccc(Nc2ncnc(-c3ccc(F)cc3OCc3ccnc(C)c3)n2)c1. The Labute approximate surface area is 190 Å². The fraction of sp³-hybridized carbons (Fsp3) is 0.167. The average Bonchev–Trinajstić information content (AvgIpc) is 2.78. The number of anilines is 2. The molecular formula is C24H22FN5OS. The van der Waals surface area contributed by atoms with Gasteiger partial charge in [0.1, 0.15) is 24.5 Å². The van der Waals surface area contributed by atoms with E-state index in [0.29, 0.717) is 23.1 Å². The molecule has 4 aromatic rings. The van der Waals surface area contributed by atoms with E-state index in [1.54, 1.807) is 24.0 Å². The number of nitrogens with one attached hydrogen (secondary N) is 1. The standard InChI is InChI=1S/C24H22FN5OS/c1-16-10-17(8-9-26-16)13-31-22-12-19(25)6-7-21(22)23-27-15-28-24(30-23)29-20-5-3-4-18(11-20)14-32-2/h3-12,15H,13-14H2,1-2H3,(H,27,28,29,30). The first-order valence-electron chi connectivity index (χ1n) is 9.99. The lowest BCUT2D eigenvalue weighted by molar-refractivity contribution is 0.305. The number of hydrogen-bond acceptors (Lipinski definition) is 7. The third-order valence-electron chi connectivity index (χ3n) is 4.61. The number of aromatic nitrogens is 4. The van der Waals surface area contributed by atoms with Crippen LogP contribution < -0.4 is 10.1 Å². The fourth-order valence-electron chi connectivity index (χ4n) is 3.18. The second-order valence-corrected chi connectivity index (χ2v) is 7.99. The van der Waals surface area contributed by atoms with Crippen molar-refractivity contribution < 1.29 is 9.13 Å². The smallest absolute Gasteiger partial charge is 0.230 e. The van der Waals surface area contributed by atoms with Crippen LogP contribution in [0, 0.1) is 12.7 Å². The van der Waals surface area contributed by atoms with E-state index in [4.69, 9.17) is 4.74 Å². The van der Waals surface area contributed by atoms with E-state index < -0.39 is 5.82 Å². The van der Waals surface area contributed by atoms with E-state index >= 15 is 0 Å². The van der Waals surface area contributed by atoms with Gasteiger partial charge in [0.05, 0.1) is 5.56 Å². The molecule has 2 aromatic heterocycles. The molecule has 0 aliphatic rings. The van der Waals surface area contributed by atoms with Gasteiger partial charge in [-0.25, -0.2) is 14.4 Å². The molecule has 0 radical (unpaired) electrons. The number of aryl methyl sites for hydroxylation is 1. The highest BCUT2D eigenvalue weighted by Gasteiger charge is 2.13. The summed E-state index contributed by atoms with van der Waals surface area (Å²) in [4.78, 5) is 17.2. The predicted octanol–water partition coefficient (Wildman–Crippen LogP) is 5.57. The van der Waals surface area contributed by atoms with Crippen LogP contribution >= 0.6 is 11.8 Å². The first-order chi connectivity index (χ1) is 15.6.